The number of fused-ring (bicyclic) bond motifs is 1. The molecule has 0 fully saturated rings. The molecule has 3 aromatic carbocycles. The molecule has 1 heterocycles. The molecule has 0 saturated heterocycles. The Morgan fingerprint density at radius 2 is 1.88 bits per heavy atom. The van der Waals surface area contributed by atoms with E-state index in [1.165, 1.54) is 25.3 Å². The van der Waals surface area contributed by atoms with Gasteiger partial charge in [0.25, 0.3) is 11.6 Å². The van der Waals surface area contributed by atoms with E-state index < -0.39 is 10.8 Å². The van der Waals surface area contributed by atoms with Crippen molar-refractivity contribution in [3.8, 4) is 11.5 Å². The second kappa shape index (κ2) is 9.27. The molecule has 168 valence electrons. The number of H-pyrrole nitrogens is 1. The van der Waals surface area contributed by atoms with E-state index in [2.05, 4.69) is 20.6 Å². The fraction of sp³-hybridized carbons (Fsp3) is 0.130. The second-order valence-electron chi connectivity index (χ2n) is 7.12. The van der Waals surface area contributed by atoms with Crippen molar-refractivity contribution >= 4 is 34.0 Å². The van der Waals surface area contributed by atoms with Crippen LogP contribution >= 0.6 is 0 Å². The minimum absolute atomic E-state index is 0.148. The molecule has 0 saturated carbocycles. The maximum absolute atomic E-state index is 13.0. The molecule has 4 rings (SSSR count). The molecule has 10 nitrogen and oxygen atoms in total. The minimum atomic E-state index is -0.536. The number of imidazole rings is 1. The zero-order valence-corrected chi connectivity index (χ0v) is 17.9. The Morgan fingerprint density at radius 3 is 2.64 bits per heavy atom. The molecule has 0 bridgehead atoms. The summed E-state index contributed by atoms with van der Waals surface area (Å²) in [6.07, 6.45) is 1.59. The van der Waals surface area contributed by atoms with Crippen molar-refractivity contribution < 1.29 is 19.2 Å². The van der Waals surface area contributed by atoms with Gasteiger partial charge in [0.15, 0.2) is 11.5 Å². The number of nitrogens with zero attached hydrogens (tertiary/aromatic N) is 2. The van der Waals surface area contributed by atoms with Gasteiger partial charge in [0.1, 0.15) is 0 Å². The summed E-state index contributed by atoms with van der Waals surface area (Å²) in [7, 11) is 3.07. The number of anilines is 2. The van der Waals surface area contributed by atoms with E-state index in [1.807, 2.05) is 18.2 Å². The molecule has 10 heteroatoms. The number of aromatic nitrogens is 2. The van der Waals surface area contributed by atoms with E-state index >= 15 is 0 Å². The molecule has 3 N–H and O–H groups in total. The molecule has 0 atom stereocenters. The molecule has 0 radical (unpaired) electrons. The van der Waals surface area contributed by atoms with Gasteiger partial charge in [-0.15, -0.1) is 0 Å². The van der Waals surface area contributed by atoms with Crippen LogP contribution in [-0.4, -0.2) is 35.0 Å². The summed E-state index contributed by atoms with van der Waals surface area (Å²) >= 11 is 0. The van der Waals surface area contributed by atoms with Gasteiger partial charge in [0, 0.05) is 24.4 Å². The third kappa shape index (κ3) is 4.69. The zero-order valence-electron chi connectivity index (χ0n) is 17.9. The predicted molar refractivity (Wildman–Crippen MR) is 123 cm³/mol. The number of nitro groups is 1. The first kappa shape index (κ1) is 21.6. The highest BCUT2D eigenvalue weighted by atomic mass is 16.6. The van der Waals surface area contributed by atoms with E-state index in [0.29, 0.717) is 22.9 Å². The lowest BCUT2D eigenvalue weighted by atomic mass is 10.1. The SMILES string of the molecule is COc1ccc(CNC(=O)c2cc([N+](=O)[O-])ccc2Nc2ccc3nc[nH]c3c2)cc1OC. The van der Waals surface area contributed by atoms with Crippen molar-refractivity contribution in [1.29, 1.82) is 0 Å². The summed E-state index contributed by atoms with van der Waals surface area (Å²) in [5, 5.41) is 17.3. The standard InChI is InChI=1S/C23H21N5O5/c1-32-21-8-3-14(9-22(21)33-2)12-24-23(29)17-11-16(28(30)31)5-7-18(17)27-15-4-6-19-20(10-15)26-13-25-19/h3-11,13,27H,12H2,1-2H3,(H,24,29)(H,25,26). The molecule has 0 aliphatic rings. The van der Waals surface area contributed by atoms with Crippen molar-refractivity contribution in [1.82, 2.24) is 15.3 Å². The van der Waals surface area contributed by atoms with Crippen LogP contribution in [0.15, 0.2) is 60.9 Å². The Balaban J connectivity index is 1.58. The lowest BCUT2D eigenvalue weighted by molar-refractivity contribution is -0.384. The average Bonchev–Trinajstić information content (AvgIpc) is 3.30. The van der Waals surface area contributed by atoms with Gasteiger partial charge in [-0.25, -0.2) is 4.98 Å². The Morgan fingerprint density at radius 1 is 1.06 bits per heavy atom. The van der Waals surface area contributed by atoms with Crippen LogP contribution < -0.4 is 20.1 Å². The van der Waals surface area contributed by atoms with Gasteiger partial charge in [-0.1, -0.05) is 6.07 Å². The summed E-state index contributed by atoms with van der Waals surface area (Å²) in [6.45, 7) is 0.196. The van der Waals surface area contributed by atoms with Gasteiger partial charge in [-0.05, 0) is 42.0 Å². The van der Waals surface area contributed by atoms with Crippen LogP contribution in [0.1, 0.15) is 15.9 Å². The monoisotopic (exact) mass is 447 g/mol. The van der Waals surface area contributed by atoms with Crippen LogP contribution in [0.25, 0.3) is 11.0 Å². The minimum Gasteiger partial charge on any atom is -0.493 e. The zero-order chi connectivity index (χ0) is 23.4. The number of nitro benzene ring substituents is 1. The number of rotatable bonds is 8. The van der Waals surface area contributed by atoms with Crippen LogP contribution in [0.5, 0.6) is 11.5 Å². The number of carbonyl (C=O) groups excluding carboxylic acids is 1. The highest BCUT2D eigenvalue weighted by Gasteiger charge is 2.17. The Hall–Kier alpha value is -4.60. The molecule has 0 spiro atoms. The first-order valence-corrected chi connectivity index (χ1v) is 9.96. The van der Waals surface area contributed by atoms with Crippen LogP contribution in [0.3, 0.4) is 0 Å². The molecule has 33 heavy (non-hydrogen) atoms. The number of benzene rings is 3. The second-order valence-corrected chi connectivity index (χ2v) is 7.12. The van der Waals surface area contributed by atoms with E-state index in [4.69, 9.17) is 9.47 Å². The number of methoxy groups -OCH3 is 2. The number of hydrogen-bond acceptors (Lipinski definition) is 7. The van der Waals surface area contributed by atoms with Gasteiger partial charge in [0.2, 0.25) is 0 Å². The van der Waals surface area contributed by atoms with Crippen molar-refractivity contribution in [2.45, 2.75) is 6.54 Å². The maximum Gasteiger partial charge on any atom is 0.270 e. The van der Waals surface area contributed by atoms with Gasteiger partial charge < -0.3 is 25.1 Å². The molecule has 1 aromatic heterocycles. The summed E-state index contributed by atoms with van der Waals surface area (Å²) in [5.41, 5.74) is 3.51. The molecule has 0 aliphatic heterocycles. The van der Waals surface area contributed by atoms with E-state index in [1.54, 1.807) is 31.6 Å². The number of amides is 1. The van der Waals surface area contributed by atoms with Crippen molar-refractivity contribution in [3.05, 3.63) is 82.2 Å². The summed E-state index contributed by atoms with van der Waals surface area (Å²) in [6, 6.07) is 14.9. The van der Waals surface area contributed by atoms with Crippen LogP contribution in [-0.2, 0) is 6.54 Å². The number of non-ortho nitro benzene ring substituents is 1. The molecule has 4 aromatic rings. The van der Waals surface area contributed by atoms with Gasteiger partial charge in [-0.2, -0.15) is 0 Å². The topological polar surface area (TPSA) is 131 Å². The summed E-state index contributed by atoms with van der Waals surface area (Å²) < 4.78 is 10.5. The molecular weight excluding hydrogens is 426 g/mol. The predicted octanol–water partition coefficient (Wildman–Crippen LogP) is 4.16. The van der Waals surface area contributed by atoms with Gasteiger partial charge in [0.05, 0.1) is 47.8 Å². The molecule has 0 unspecified atom stereocenters. The maximum atomic E-state index is 13.0. The van der Waals surface area contributed by atoms with Crippen LogP contribution in [0.2, 0.25) is 0 Å². The van der Waals surface area contributed by atoms with E-state index in [9.17, 15) is 14.9 Å². The van der Waals surface area contributed by atoms with Crippen molar-refractivity contribution in [2.75, 3.05) is 19.5 Å². The largest absolute Gasteiger partial charge is 0.493 e. The first-order chi connectivity index (χ1) is 16.0. The quantitative estimate of drug-likeness (QED) is 0.273. The lowest BCUT2D eigenvalue weighted by Gasteiger charge is -2.13. The number of carbonyl (C=O) groups is 1. The highest BCUT2D eigenvalue weighted by Crippen LogP contribution is 2.29. The molecule has 1 amide bonds. The average molecular weight is 447 g/mol. The fourth-order valence-corrected chi connectivity index (χ4v) is 3.38. The van der Waals surface area contributed by atoms with Gasteiger partial charge in [-0.3, -0.25) is 14.9 Å². The van der Waals surface area contributed by atoms with Gasteiger partial charge >= 0.3 is 0 Å². The summed E-state index contributed by atoms with van der Waals surface area (Å²) in [5.74, 6) is 0.654. The summed E-state index contributed by atoms with van der Waals surface area (Å²) in [4.78, 5) is 31.0. The Kier molecular flexibility index (Phi) is 6.07. The van der Waals surface area contributed by atoms with E-state index in [0.717, 1.165) is 16.6 Å². The highest BCUT2D eigenvalue weighted by molar-refractivity contribution is 6.01. The Labute approximate surface area is 188 Å². The fourth-order valence-electron chi connectivity index (χ4n) is 3.38. The number of ether oxygens (including phenoxy) is 2. The van der Waals surface area contributed by atoms with Crippen LogP contribution in [0.4, 0.5) is 17.1 Å². The third-order valence-corrected chi connectivity index (χ3v) is 5.06. The van der Waals surface area contributed by atoms with Crippen LogP contribution in [0, 0.1) is 10.1 Å². The molecule has 0 aliphatic carbocycles. The lowest BCUT2D eigenvalue weighted by Crippen LogP contribution is -2.23. The number of nitrogens with one attached hydrogen (secondary N) is 3. The number of aromatic amines is 1. The Bertz CT molecular complexity index is 1330. The smallest absolute Gasteiger partial charge is 0.270 e. The third-order valence-electron chi connectivity index (χ3n) is 5.06. The van der Waals surface area contributed by atoms with Crippen molar-refractivity contribution in [2.24, 2.45) is 0 Å². The molecular formula is C23H21N5O5. The van der Waals surface area contributed by atoms with E-state index in [-0.39, 0.29) is 17.8 Å². The first-order valence-electron chi connectivity index (χ1n) is 9.96. The van der Waals surface area contributed by atoms with Crippen molar-refractivity contribution in [3.63, 3.8) is 0 Å². The number of hydrogen-bond donors (Lipinski definition) is 3. The normalized spacial score (nSPS) is 10.6.